The van der Waals surface area contributed by atoms with E-state index < -0.39 is 11.9 Å². The number of benzene rings is 2. The fourth-order valence-electron chi connectivity index (χ4n) is 2.66. The lowest BCUT2D eigenvalue weighted by atomic mass is 10.0. The quantitative estimate of drug-likeness (QED) is 0.674. The number of methoxy groups -OCH3 is 1. The molecule has 3 aromatic rings. The molecule has 1 atom stereocenters. The Balaban J connectivity index is 1.79. The van der Waals surface area contributed by atoms with Crippen LogP contribution in [0.15, 0.2) is 77.4 Å². The van der Waals surface area contributed by atoms with E-state index in [1.165, 1.54) is 13.4 Å². The summed E-state index contributed by atoms with van der Waals surface area (Å²) in [6, 6.07) is 19.0. The molecule has 0 fully saturated rings. The number of anilines is 1. The number of carbonyl (C=O) groups excluding carboxylic acids is 2. The fourth-order valence-corrected chi connectivity index (χ4v) is 2.66. The molecule has 0 aliphatic heterocycles. The van der Waals surface area contributed by atoms with E-state index in [0.717, 1.165) is 5.56 Å². The average molecular weight is 364 g/mol. The van der Waals surface area contributed by atoms with Gasteiger partial charge in [0.25, 0.3) is 5.91 Å². The van der Waals surface area contributed by atoms with Gasteiger partial charge < -0.3 is 19.8 Å². The van der Waals surface area contributed by atoms with Crippen LogP contribution in [-0.2, 0) is 11.2 Å². The topological polar surface area (TPSA) is 80.6 Å². The van der Waals surface area contributed by atoms with E-state index in [4.69, 9.17) is 9.15 Å². The van der Waals surface area contributed by atoms with E-state index in [0.29, 0.717) is 17.9 Å². The summed E-state index contributed by atoms with van der Waals surface area (Å²) in [5, 5.41) is 5.56. The van der Waals surface area contributed by atoms with Crippen molar-refractivity contribution in [1.82, 2.24) is 5.32 Å². The van der Waals surface area contributed by atoms with E-state index in [1.807, 2.05) is 36.4 Å². The van der Waals surface area contributed by atoms with E-state index >= 15 is 0 Å². The van der Waals surface area contributed by atoms with Crippen LogP contribution in [-0.4, -0.2) is 25.0 Å². The summed E-state index contributed by atoms with van der Waals surface area (Å²) in [5.41, 5.74) is 1.47. The fraction of sp³-hybridized carbons (Fsp3) is 0.143. The van der Waals surface area contributed by atoms with Gasteiger partial charge in [-0.05, 0) is 29.8 Å². The number of hydrogen-bond acceptors (Lipinski definition) is 4. The Kier molecular flexibility index (Phi) is 5.89. The third kappa shape index (κ3) is 4.76. The van der Waals surface area contributed by atoms with Gasteiger partial charge in [0.2, 0.25) is 5.91 Å². The molecule has 2 N–H and O–H groups in total. The molecule has 1 aromatic heterocycles. The molecule has 0 unspecified atom stereocenters. The van der Waals surface area contributed by atoms with Gasteiger partial charge in [0, 0.05) is 6.42 Å². The number of ether oxygens (including phenoxy) is 1. The Bertz CT molecular complexity index is 892. The molecule has 2 aromatic carbocycles. The van der Waals surface area contributed by atoms with Crippen molar-refractivity contribution < 1.29 is 18.7 Å². The number of hydrogen-bond donors (Lipinski definition) is 2. The molecule has 2 amide bonds. The molecule has 0 aliphatic rings. The number of amides is 2. The zero-order valence-corrected chi connectivity index (χ0v) is 14.8. The molecule has 3 rings (SSSR count). The Morgan fingerprint density at radius 3 is 2.44 bits per heavy atom. The van der Waals surface area contributed by atoms with Crippen LogP contribution in [0.4, 0.5) is 5.69 Å². The van der Waals surface area contributed by atoms with Crippen molar-refractivity contribution in [2.24, 2.45) is 0 Å². The van der Waals surface area contributed by atoms with Gasteiger partial charge >= 0.3 is 0 Å². The van der Waals surface area contributed by atoms with Crippen LogP contribution in [0, 0.1) is 0 Å². The number of para-hydroxylation sites is 2. The van der Waals surface area contributed by atoms with Gasteiger partial charge in [-0.25, -0.2) is 0 Å². The van der Waals surface area contributed by atoms with Crippen LogP contribution in [0.1, 0.15) is 16.1 Å². The predicted octanol–water partition coefficient (Wildman–Crippen LogP) is 3.27. The molecule has 1 heterocycles. The Morgan fingerprint density at radius 2 is 1.74 bits per heavy atom. The second-order valence-electron chi connectivity index (χ2n) is 5.88. The highest BCUT2D eigenvalue weighted by Crippen LogP contribution is 2.23. The zero-order chi connectivity index (χ0) is 19.1. The van der Waals surface area contributed by atoms with Gasteiger partial charge in [0.05, 0.1) is 19.1 Å². The third-order valence-electron chi connectivity index (χ3n) is 4.01. The van der Waals surface area contributed by atoms with Crippen LogP contribution in [0.5, 0.6) is 5.75 Å². The molecule has 0 saturated heterocycles. The molecule has 0 saturated carbocycles. The molecule has 0 radical (unpaired) electrons. The van der Waals surface area contributed by atoms with Crippen LogP contribution >= 0.6 is 0 Å². The van der Waals surface area contributed by atoms with Crippen molar-refractivity contribution in [3.63, 3.8) is 0 Å². The summed E-state index contributed by atoms with van der Waals surface area (Å²) in [6.45, 7) is 0. The average Bonchev–Trinajstić information content (AvgIpc) is 3.23. The van der Waals surface area contributed by atoms with Crippen LogP contribution < -0.4 is 15.4 Å². The van der Waals surface area contributed by atoms with E-state index in [9.17, 15) is 9.59 Å². The minimum absolute atomic E-state index is 0.151. The number of carbonyl (C=O) groups is 2. The van der Waals surface area contributed by atoms with Crippen molar-refractivity contribution in [3.8, 4) is 5.75 Å². The lowest BCUT2D eigenvalue weighted by Gasteiger charge is -2.19. The minimum atomic E-state index is -0.782. The van der Waals surface area contributed by atoms with E-state index in [2.05, 4.69) is 10.6 Å². The van der Waals surface area contributed by atoms with Gasteiger partial charge in [0.15, 0.2) is 5.76 Å². The summed E-state index contributed by atoms with van der Waals surface area (Å²) in [6.07, 6.45) is 1.75. The Labute approximate surface area is 157 Å². The standard InChI is InChI=1S/C21H20N2O4/c1-26-18-11-6-5-10-16(18)22-20(24)17(14-15-8-3-2-4-9-15)23-21(25)19-12-7-13-27-19/h2-13,17H,14H2,1H3,(H,22,24)(H,23,25)/t17-/m1/s1. The lowest BCUT2D eigenvalue weighted by molar-refractivity contribution is -0.118. The van der Waals surface area contributed by atoms with Crippen LogP contribution in [0.2, 0.25) is 0 Å². The molecule has 138 valence electrons. The number of nitrogens with one attached hydrogen (secondary N) is 2. The first-order valence-electron chi connectivity index (χ1n) is 8.49. The maximum absolute atomic E-state index is 12.9. The predicted molar refractivity (Wildman–Crippen MR) is 102 cm³/mol. The second kappa shape index (κ2) is 8.71. The maximum atomic E-state index is 12.9. The van der Waals surface area contributed by atoms with Crippen LogP contribution in [0.3, 0.4) is 0 Å². The third-order valence-corrected chi connectivity index (χ3v) is 4.01. The summed E-state index contributed by atoms with van der Waals surface area (Å²) >= 11 is 0. The smallest absolute Gasteiger partial charge is 0.287 e. The van der Waals surface area contributed by atoms with Gasteiger partial charge in [-0.2, -0.15) is 0 Å². The molecular formula is C21H20N2O4. The first-order valence-corrected chi connectivity index (χ1v) is 8.49. The lowest BCUT2D eigenvalue weighted by Crippen LogP contribution is -2.45. The monoisotopic (exact) mass is 364 g/mol. The summed E-state index contributed by atoms with van der Waals surface area (Å²) < 4.78 is 10.4. The zero-order valence-electron chi connectivity index (χ0n) is 14.8. The maximum Gasteiger partial charge on any atom is 0.287 e. The first-order chi connectivity index (χ1) is 13.2. The Morgan fingerprint density at radius 1 is 1.00 bits per heavy atom. The largest absolute Gasteiger partial charge is 0.495 e. The molecular weight excluding hydrogens is 344 g/mol. The Hall–Kier alpha value is -3.54. The van der Waals surface area contributed by atoms with Gasteiger partial charge in [-0.15, -0.1) is 0 Å². The summed E-state index contributed by atoms with van der Waals surface area (Å²) in [7, 11) is 1.53. The molecule has 27 heavy (non-hydrogen) atoms. The first kappa shape index (κ1) is 18.3. The molecule has 6 nitrogen and oxygen atoms in total. The van der Waals surface area contributed by atoms with Gasteiger partial charge in [0.1, 0.15) is 11.8 Å². The highest BCUT2D eigenvalue weighted by atomic mass is 16.5. The van der Waals surface area contributed by atoms with Crippen LogP contribution in [0.25, 0.3) is 0 Å². The normalized spacial score (nSPS) is 11.4. The van der Waals surface area contributed by atoms with Crippen molar-refractivity contribution in [2.75, 3.05) is 12.4 Å². The minimum Gasteiger partial charge on any atom is -0.495 e. The highest BCUT2D eigenvalue weighted by Gasteiger charge is 2.24. The van der Waals surface area contributed by atoms with Crippen molar-refractivity contribution in [2.45, 2.75) is 12.5 Å². The summed E-state index contributed by atoms with van der Waals surface area (Å²) in [5.74, 6) is -0.0980. The summed E-state index contributed by atoms with van der Waals surface area (Å²) in [4.78, 5) is 25.3. The number of rotatable bonds is 7. The second-order valence-corrected chi connectivity index (χ2v) is 5.88. The van der Waals surface area contributed by atoms with Gasteiger partial charge in [-0.1, -0.05) is 42.5 Å². The van der Waals surface area contributed by atoms with E-state index in [-0.39, 0.29) is 11.7 Å². The highest BCUT2D eigenvalue weighted by molar-refractivity contribution is 6.00. The SMILES string of the molecule is COc1ccccc1NC(=O)[C@@H](Cc1ccccc1)NC(=O)c1ccco1. The molecule has 0 bridgehead atoms. The van der Waals surface area contributed by atoms with Gasteiger partial charge in [-0.3, -0.25) is 9.59 Å². The molecule has 6 heteroatoms. The van der Waals surface area contributed by atoms with Crippen molar-refractivity contribution in [3.05, 3.63) is 84.3 Å². The van der Waals surface area contributed by atoms with E-state index in [1.54, 1.807) is 30.3 Å². The number of furan rings is 1. The van der Waals surface area contributed by atoms with Crippen molar-refractivity contribution in [1.29, 1.82) is 0 Å². The van der Waals surface area contributed by atoms with Crippen molar-refractivity contribution >= 4 is 17.5 Å². The molecule has 0 aliphatic carbocycles. The molecule has 0 spiro atoms.